The summed E-state index contributed by atoms with van der Waals surface area (Å²) in [5.74, 6) is 0.457. The maximum absolute atomic E-state index is 11.7. The van der Waals surface area contributed by atoms with E-state index >= 15 is 0 Å². The van der Waals surface area contributed by atoms with Crippen LogP contribution in [0.1, 0.15) is 31.2 Å². The lowest BCUT2D eigenvalue weighted by molar-refractivity contribution is -0.124. The van der Waals surface area contributed by atoms with Gasteiger partial charge in [-0.3, -0.25) is 9.78 Å². The standard InChI is InChI=1S/C12H16N2O/c15-12(11-5-1-2-6-11)14-9-10-4-3-7-13-8-10/h3-4,7-8,11H,1-2,5-6,9H2,(H,14,15). The van der Waals surface area contributed by atoms with Crippen molar-refractivity contribution in [1.29, 1.82) is 0 Å². The molecule has 0 atom stereocenters. The summed E-state index contributed by atoms with van der Waals surface area (Å²) >= 11 is 0. The van der Waals surface area contributed by atoms with E-state index in [4.69, 9.17) is 0 Å². The highest BCUT2D eigenvalue weighted by molar-refractivity contribution is 5.78. The summed E-state index contributed by atoms with van der Waals surface area (Å²) in [6, 6.07) is 3.86. The van der Waals surface area contributed by atoms with Crippen LogP contribution < -0.4 is 5.32 Å². The summed E-state index contributed by atoms with van der Waals surface area (Å²) in [4.78, 5) is 15.7. The van der Waals surface area contributed by atoms with Gasteiger partial charge in [-0.25, -0.2) is 0 Å². The molecular formula is C12H16N2O. The van der Waals surface area contributed by atoms with Crippen LogP contribution in [0.25, 0.3) is 0 Å². The van der Waals surface area contributed by atoms with Crippen molar-refractivity contribution >= 4 is 5.91 Å². The second kappa shape index (κ2) is 4.91. The molecule has 0 radical (unpaired) electrons. The van der Waals surface area contributed by atoms with Crippen LogP contribution in [0.2, 0.25) is 0 Å². The van der Waals surface area contributed by atoms with Crippen LogP contribution in [0.15, 0.2) is 24.5 Å². The molecule has 0 unspecified atom stereocenters. The van der Waals surface area contributed by atoms with Crippen molar-refractivity contribution in [3.63, 3.8) is 0 Å². The van der Waals surface area contributed by atoms with Gasteiger partial charge in [-0.15, -0.1) is 0 Å². The third kappa shape index (κ3) is 2.78. The van der Waals surface area contributed by atoms with Crippen molar-refractivity contribution in [3.8, 4) is 0 Å². The Balaban J connectivity index is 1.80. The van der Waals surface area contributed by atoms with E-state index in [1.807, 2.05) is 12.1 Å². The second-order valence-corrected chi connectivity index (χ2v) is 4.06. The molecule has 0 aliphatic heterocycles. The van der Waals surface area contributed by atoms with E-state index in [0.29, 0.717) is 6.54 Å². The van der Waals surface area contributed by atoms with Gasteiger partial charge >= 0.3 is 0 Å². The summed E-state index contributed by atoms with van der Waals surface area (Å²) in [6.07, 6.45) is 8.03. The normalized spacial score (nSPS) is 16.5. The minimum atomic E-state index is 0.205. The van der Waals surface area contributed by atoms with Crippen molar-refractivity contribution in [2.45, 2.75) is 32.2 Å². The molecule has 3 heteroatoms. The molecule has 1 amide bonds. The largest absolute Gasteiger partial charge is 0.352 e. The maximum atomic E-state index is 11.7. The van der Waals surface area contributed by atoms with Gasteiger partial charge in [-0.1, -0.05) is 18.9 Å². The summed E-state index contributed by atoms with van der Waals surface area (Å²) in [6.45, 7) is 0.600. The molecule has 0 saturated heterocycles. The second-order valence-electron chi connectivity index (χ2n) is 4.06. The highest BCUT2D eigenvalue weighted by Gasteiger charge is 2.21. The van der Waals surface area contributed by atoms with Crippen LogP contribution in [0.4, 0.5) is 0 Å². The van der Waals surface area contributed by atoms with E-state index in [1.165, 1.54) is 12.8 Å². The van der Waals surface area contributed by atoms with Crippen LogP contribution in [-0.4, -0.2) is 10.9 Å². The Morgan fingerprint density at radius 2 is 2.27 bits per heavy atom. The Morgan fingerprint density at radius 1 is 1.47 bits per heavy atom. The van der Waals surface area contributed by atoms with Gasteiger partial charge in [0.2, 0.25) is 5.91 Å². The highest BCUT2D eigenvalue weighted by atomic mass is 16.1. The third-order valence-electron chi connectivity index (χ3n) is 2.92. The molecule has 2 rings (SSSR count). The maximum Gasteiger partial charge on any atom is 0.223 e. The Labute approximate surface area is 89.9 Å². The van der Waals surface area contributed by atoms with Gasteiger partial charge in [0, 0.05) is 24.9 Å². The van der Waals surface area contributed by atoms with Crippen molar-refractivity contribution in [1.82, 2.24) is 10.3 Å². The SMILES string of the molecule is O=C(NCc1cccnc1)C1CCCC1. The van der Waals surface area contributed by atoms with E-state index in [1.54, 1.807) is 12.4 Å². The van der Waals surface area contributed by atoms with Gasteiger partial charge in [0.1, 0.15) is 0 Å². The van der Waals surface area contributed by atoms with Gasteiger partial charge < -0.3 is 5.32 Å². The van der Waals surface area contributed by atoms with E-state index < -0.39 is 0 Å². The Morgan fingerprint density at radius 3 is 2.93 bits per heavy atom. The lowest BCUT2D eigenvalue weighted by Crippen LogP contribution is -2.28. The van der Waals surface area contributed by atoms with Gasteiger partial charge in [-0.2, -0.15) is 0 Å². The van der Waals surface area contributed by atoms with Crippen LogP contribution in [0.5, 0.6) is 0 Å². The molecule has 0 spiro atoms. The predicted molar refractivity (Wildman–Crippen MR) is 58.0 cm³/mol. The number of amides is 1. The summed E-state index contributed by atoms with van der Waals surface area (Å²) in [5.41, 5.74) is 1.06. The lowest BCUT2D eigenvalue weighted by atomic mass is 10.1. The number of aromatic nitrogens is 1. The van der Waals surface area contributed by atoms with Crippen LogP contribution in [0.3, 0.4) is 0 Å². The topological polar surface area (TPSA) is 42.0 Å². The monoisotopic (exact) mass is 204 g/mol. The van der Waals surface area contributed by atoms with Gasteiger partial charge in [0.05, 0.1) is 0 Å². The molecule has 3 nitrogen and oxygen atoms in total. The van der Waals surface area contributed by atoms with Crippen molar-refractivity contribution in [2.24, 2.45) is 5.92 Å². The molecule has 15 heavy (non-hydrogen) atoms. The lowest BCUT2D eigenvalue weighted by Gasteiger charge is -2.09. The molecule has 1 aliphatic carbocycles. The first-order valence-electron chi connectivity index (χ1n) is 5.53. The number of nitrogens with one attached hydrogen (secondary N) is 1. The highest BCUT2D eigenvalue weighted by Crippen LogP contribution is 2.24. The van der Waals surface area contributed by atoms with E-state index in [9.17, 15) is 4.79 Å². The molecule has 1 aromatic rings. The summed E-state index contributed by atoms with van der Waals surface area (Å²) in [5, 5.41) is 2.96. The van der Waals surface area contributed by atoms with Gasteiger partial charge in [0.15, 0.2) is 0 Å². The van der Waals surface area contributed by atoms with E-state index in [2.05, 4.69) is 10.3 Å². The molecule has 1 heterocycles. The van der Waals surface area contributed by atoms with Crippen molar-refractivity contribution < 1.29 is 4.79 Å². The number of hydrogen-bond donors (Lipinski definition) is 1. The molecule has 80 valence electrons. The van der Waals surface area contributed by atoms with Crippen molar-refractivity contribution in [3.05, 3.63) is 30.1 Å². The molecule has 1 aliphatic rings. The first-order valence-corrected chi connectivity index (χ1v) is 5.53. The number of carbonyl (C=O) groups excluding carboxylic acids is 1. The molecular weight excluding hydrogens is 188 g/mol. The van der Waals surface area contributed by atoms with Gasteiger partial charge in [-0.05, 0) is 24.5 Å². The number of carbonyl (C=O) groups is 1. The van der Waals surface area contributed by atoms with E-state index in [-0.39, 0.29) is 11.8 Å². The molecule has 0 bridgehead atoms. The number of pyridine rings is 1. The molecule has 0 aromatic carbocycles. The first-order chi connectivity index (χ1) is 7.36. The fourth-order valence-electron chi connectivity index (χ4n) is 2.02. The fraction of sp³-hybridized carbons (Fsp3) is 0.500. The number of hydrogen-bond acceptors (Lipinski definition) is 2. The number of rotatable bonds is 3. The minimum Gasteiger partial charge on any atom is -0.352 e. The zero-order valence-corrected chi connectivity index (χ0v) is 8.78. The zero-order valence-electron chi connectivity index (χ0n) is 8.78. The predicted octanol–water partition coefficient (Wildman–Crippen LogP) is 1.89. The zero-order chi connectivity index (χ0) is 10.5. The molecule has 1 aromatic heterocycles. The Bertz CT molecular complexity index is 318. The summed E-state index contributed by atoms with van der Waals surface area (Å²) < 4.78 is 0. The Hall–Kier alpha value is -1.38. The Kier molecular flexibility index (Phi) is 3.33. The van der Waals surface area contributed by atoms with Crippen LogP contribution in [-0.2, 0) is 11.3 Å². The van der Waals surface area contributed by atoms with Crippen LogP contribution in [0, 0.1) is 5.92 Å². The number of nitrogens with zero attached hydrogens (tertiary/aromatic N) is 1. The molecule has 1 saturated carbocycles. The fourth-order valence-corrected chi connectivity index (χ4v) is 2.02. The van der Waals surface area contributed by atoms with Gasteiger partial charge in [0.25, 0.3) is 0 Å². The van der Waals surface area contributed by atoms with Crippen molar-refractivity contribution in [2.75, 3.05) is 0 Å². The minimum absolute atomic E-state index is 0.205. The molecule has 1 N–H and O–H groups in total. The van der Waals surface area contributed by atoms with E-state index in [0.717, 1.165) is 18.4 Å². The average Bonchev–Trinajstić information content (AvgIpc) is 2.81. The average molecular weight is 204 g/mol. The third-order valence-corrected chi connectivity index (χ3v) is 2.92. The first kappa shape index (κ1) is 10.1. The van der Waals surface area contributed by atoms with Crippen LogP contribution >= 0.6 is 0 Å². The summed E-state index contributed by atoms with van der Waals surface area (Å²) in [7, 11) is 0. The smallest absolute Gasteiger partial charge is 0.223 e. The molecule has 1 fully saturated rings. The quantitative estimate of drug-likeness (QED) is 0.817.